The lowest BCUT2D eigenvalue weighted by Gasteiger charge is -2.38. The molecule has 4 unspecified atom stereocenters. The summed E-state index contributed by atoms with van der Waals surface area (Å²) in [5, 5.41) is 11.0. The number of alkyl carbamates (subject to hydrolysis) is 1. The third kappa shape index (κ3) is 12.6. The van der Waals surface area contributed by atoms with Gasteiger partial charge in [0.25, 0.3) is 5.91 Å². The van der Waals surface area contributed by atoms with Gasteiger partial charge >= 0.3 is 6.09 Å². The Bertz CT molecular complexity index is 1430. The molecular weight excluding hydrogens is 674 g/mol. The average Bonchev–Trinajstić information content (AvgIpc) is 3.59. The lowest BCUT2D eigenvalue weighted by molar-refractivity contribution is -0.140. The fourth-order valence-corrected chi connectivity index (χ4v) is 6.65. The number of halogens is 2. The van der Waals surface area contributed by atoms with Crippen molar-refractivity contribution in [2.24, 2.45) is 5.92 Å². The van der Waals surface area contributed by atoms with Crippen molar-refractivity contribution >= 4 is 29.6 Å². The number of Topliss-reactive ketones (excluding diaryl/α,β-unsaturated/α-hetero) is 1. The van der Waals surface area contributed by atoms with Gasteiger partial charge in [0, 0.05) is 38.5 Å². The molecule has 1 aromatic carbocycles. The quantitative estimate of drug-likeness (QED) is 0.170. The normalized spacial score (nSPS) is 18.1. The van der Waals surface area contributed by atoms with E-state index < -0.39 is 72.7 Å². The van der Waals surface area contributed by atoms with Crippen LogP contribution in [0, 0.1) is 5.92 Å². The van der Waals surface area contributed by atoms with Crippen molar-refractivity contribution in [3.63, 3.8) is 0 Å². The first-order chi connectivity index (χ1) is 24.5. The molecule has 0 spiro atoms. The number of hydrogen-bond acceptors (Lipinski definition) is 8. The monoisotopic (exact) mass is 730 g/mol. The van der Waals surface area contributed by atoms with E-state index in [0.29, 0.717) is 30.6 Å². The van der Waals surface area contributed by atoms with Gasteiger partial charge in [-0.15, -0.1) is 0 Å². The lowest BCUT2D eigenvalue weighted by Crippen LogP contribution is -2.54. The largest absolute Gasteiger partial charge is 0.444 e. The smallest absolute Gasteiger partial charge is 0.408 e. The van der Waals surface area contributed by atoms with Crippen molar-refractivity contribution in [3.8, 4) is 0 Å². The first-order valence-electron chi connectivity index (χ1n) is 18.0. The summed E-state index contributed by atoms with van der Waals surface area (Å²) in [7, 11) is 3.21. The molecule has 0 aromatic heterocycles. The van der Waals surface area contributed by atoms with Gasteiger partial charge in [0.15, 0.2) is 0 Å². The topological polar surface area (TPSA) is 149 Å². The van der Waals surface area contributed by atoms with Crippen LogP contribution in [-0.4, -0.2) is 96.7 Å². The number of ether oxygens (including phenoxy) is 1. The van der Waals surface area contributed by atoms with Crippen molar-refractivity contribution in [2.75, 3.05) is 27.2 Å². The molecule has 1 aromatic rings. The molecule has 1 aliphatic heterocycles. The van der Waals surface area contributed by atoms with Gasteiger partial charge in [-0.3, -0.25) is 19.2 Å². The van der Waals surface area contributed by atoms with Crippen LogP contribution in [0.5, 0.6) is 0 Å². The van der Waals surface area contributed by atoms with Crippen LogP contribution in [0.15, 0.2) is 54.9 Å². The zero-order valence-electron chi connectivity index (χ0n) is 31.1. The van der Waals surface area contributed by atoms with Gasteiger partial charge in [-0.2, -0.15) is 0 Å². The van der Waals surface area contributed by atoms with Crippen molar-refractivity contribution in [2.45, 2.75) is 115 Å². The Kier molecular flexibility index (Phi) is 15.6. The van der Waals surface area contributed by atoms with Crippen molar-refractivity contribution in [1.29, 1.82) is 0 Å². The van der Waals surface area contributed by atoms with Crippen LogP contribution in [0.3, 0.4) is 0 Å². The number of carbonyl (C=O) groups excluding carboxylic acids is 5. The summed E-state index contributed by atoms with van der Waals surface area (Å²) in [5.41, 5.74) is 0.709. The van der Waals surface area contributed by atoms with E-state index >= 15 is 0 Å². The number of nitrogens with one attached hydrogen (secondary N) is 4. The van der Waals surface area contributed by atoms with Gasteiger partial charge in [0.05, 0.1) is 18.6 Å². The summed E-state index contributed by atoms with van der Waals surface area (Å²) >= 11 is 0. The van der Waals surface area contributed by atoms with Crippen LogP contribution < -0.4 is 21.3 Å². The molecule has 4 N–H and O–H groups in total. The van der Waals surface area contributed by atoms with E-state index in [1.54, 1.807) is 64.0 Å². The Morgan fingerprint density at radius 1 is 0.923 bits per heavy atom. The second-order valence-corrected chi connectivity index (χ2v) is 14.8. The van der Waals surface area contributed by atoms with Crippen LogP contribution in [0.2, 0.25) is 0 Å². The standard InChI is InChI=1S/C38H56F2N6O6/c1-24(42-32(36(50)45(6)7)27-17-12-9-13-18-27)23-41-35(49)33(47)28(20-21-30(39)40)43-34(48)29-19-14-22-46(29)25(2)31(26-15-10-8-11-16-26)44-37(51)52-38(3,4)5/h9,12-13,17-18,26,28-32,42H,1-2,8,10-11,14-16,19-23H2,3-7H3,(H,41,49)(H,43,48)(H,44,51). The number of likely N-dealkylation sites (tertiary alicyclic amines) is 1. The fourth-order valence-electron chi connectivity index (χ4n) is 6.65. The van der Waals surface area contributed by atoms with E-state index in [0.717, 1.165) is 32.1 Å². The highest BCUT2D eigenvalue weighted by Crippen LogP contribution is 2.33. The maximum Gasteiger partial charge on any atom is 0.408 e. The number of rotatable bonds is 17. The number of likely N-dealkylation sites (N-methyl/N-ethyl adjacent to an activating group) is 1. The predicted molar refractivity (Wildman–Crippen MR) is 194 cm³/mol. The number of carbonyl (C=O) groups is 5. The minimum atomic E-state index is -2.76. The lowest BCUT2D eigenvalue weighted by atomic mass is 9.82. The van der Waals surface area contributed by atoms with Crippen molar-refractivity contribution in [1.82, 2.24) is 31.1 Å². The van der Waals surface area contributed by atoms with Gasteiger partial charge in [-0.05, 0) is 64.4 Å². The SMILES string of the molecule is C=C(CNC(=O)C(=O)C(CCC(F)F)NC(=O)C1CCCN1C(=C)C(NC(=O)OC(C)(C)C)C1CCCCC1)NC(C(=O)N(C)C)c1ccccc1. The Hall–Kier alpha value is -4.49. The predicted octanol–water partition coefficient (Wildman–Crippen LogP) is 4.59. The maximum absolute atomic E-state index is 13.8. The molecule has 4 atom stereocenters. The Morgan fingerprint density at radius 3 is 2.17 bits per heavy atom. The van der Waals surface area contributed by atoms with Crippen LogP contribution in [0.25, 0.3) is 0 Å². The summed E-state index contributed by atoms with van der Waals surface area (Å²) in [6.07, 6.45) is 1.30. The highest BCUT2D eigenvalue weighted by atomic mass is 19.3. The molecule has 4 amide bonds. The van der Waals surface area contributed by atoms with Crippen LogP contribution in [-0.2, 0) is 23.9 Å². The summed E-state index contributed by atoms with van der Waals surface area (Å²) in [4.78, 5) is 69.1. The molecule has 52 heavy (non-hydrogen) atoms. The van der Waals surface area contributed by atoms with Crippen molar-refractivity contribution in [3.05, 3.63) is 60.4 Å². The number of hydrogen-bond donors (Lipinski definition) is 4. The highest BCUT2D eigenvalue weighted by molar-refractivity contribution is 6.38. The minimum absolute atomic E-state index is 0.0790. The number of amides is 4. The first-order valence-corrected chi connectivity index (χ1v) is 18.0. The molecule has 3 rings (SSSR count). The molecule has 1 aliphatic carbocycles. The van der Waals surface area contributed by atoms with E-state index in [-0.39, 0.29) is 24.1 Å². The van der Waals surface area contributed by atoms with Gasteiger partial charge in [-0.1, -0.05) is 62.8 Å². The average molecular weight is 731 g/mol. The zero-order chi connectivity index (χ0) is 38.6. The molecule has 2 fully saturated rings. The number of nitrogens with zero attached hydrogens (tertiary/aromatic N) is 2. The fraction of sp³-hybridized carbons (Fsp3) is 0.605. The van der Waals surface area contributed by atoms with E-state index in [1.807, 2.05) is 6.07 Å². The molecular formula is C38H56F2N6O6. The second-order valence-electron chi connectivity index (χ2n) is 14.8. The molecule has 1 saturated carbocycles. The van der Waals surface area contributed by atoms with Crippen LogP contribution in [0.1, 0.15) is 90.2 Å². The molecule has 288 valence electrons. The third-order valence-corrected chi connectivity index (χ3v) is 9.24. The third-order valence-electron chi connectivity index (χ3n) is 9.24. The Balaban J connectivity index is 1.70. The van der Waals surface area contributed by atoms with E-state index in [4.69, 9.17) is 4.74 Å². The van der Waals surface area contributed by atoms with E-state index in [9.17, 15) is 32.8 Å². The van der Waals surface area contributed by atoms with E-state index in [1.165, 1.54) is 4.90 Å². The summed E-state index contributed by atoms with van der Waals surface area (Å²) < 4.78 is 32.2. The van der Waals surface area contributed by atoms with Gasteiger partial charge in [0.2, 0.25) is 24.0 Å². The van der Waals surface area contributed by atoms with Gasteiger partial charge in [-0.25, -0.2) is 13.6 Å². The molecule has 14 heteroatoms. The number of benzene rings is 1. The van der Waals surface area contributed by atoms with Crippen molar-refractivity contribution < 1.29 is 37.5 Å². The Morgan fingerprint density at radius 2 is 1.58 bits per heavy atom. The summed E-state index contributed by atoms with van der Waals surface area (Å²) in [6.45, 7) is 13.7. The number of ketones is 1. The number of alkyl halides is 2. The molecule has 1 saturated heterocycles. The van der Waals surface area contributed by atoms with Crippen LogP contribution in [0.4, 0.5) is 13.6 Å². The second kappa shape index (κ2) is 19.4. The highest BCUT2D eigenvalue weighted by Gasteiger charge is 2.39. The summed E-state index contributed by atoms with van der Waals surface area (Å²) in [5.74, 6) is -2.96. The molecule has 0 radical (unpaired) electrons. The minimum Gasteiger partial charge on any atom is -0.444 e. The van der Waals surface area contributed by atoms with Gasteiger partial charge in [0.1, 0.15) is 17.7 Å². The molecule has 1 heterocycles. The first kappa shape index (κ1) is 41.9. The van der Waals surface area contributed by atoms with Crippen LogP contribution >= 0.6 is 0 Å². The zero-order valence-corrected chi connectivity index (χ0v) is 31.1. The summed E-state index contributed by atoms with van der Waals surface area (Å²) in [6, 6.07) is 5.28. The van der Waals surface area contributed by atoms with Gasteiger partial charge < -0.3 is 35.8 Å². The van der Waals surface area contributed by atoms with E-state index in [2.05, 4.69) is 34.4 Å². The molecule has 12 nitrogen and oxygen atoms in total. The molecule has 2 aliphatic rings. The maximum atomic E-state index is 13.8. The Labute approximate surface area is 306 Å². The molecule has 0 bridgehead atoms.